The van der Waals surface area contributed by atoms with Gasteiger partial charge in [-0.3, -0.25) is 0 Å². The first-order valence-corrected chi connectivity index (χ1v) is 11.0. The Hall–Kier alpha value is -0.830. The maximum absolute atomic E-state index is 12.8. The van der Waals surface area contributed by atoms with Gasteiger partial charge in [-0.15, -0.1) is 11.3 Å². The molecule has 1 fully saturated rings. The van der Waals surface area contributed by atoms with Crippen LogP contribution in [0.25, 0.3) is 0 Å². The van der Waals surface area contributed by atoms with Crippen LogP contribution < -0.4 is 0 Å². The number of nitrogens with zero attached hydrogens (tertiary/aromatic N) is 3. The van der Waals surface area contributed by atoms with Crippen molar-refractivity contribution < 1.29 is 8.42 Å². The van der Waals surface area contributed by atoms with E-state index in [1.54, 1.807) is 28.2 Å². The number of thiophene rings is 1. The SMILES string of the molecule is CC(C)n1cnc(S(=O)(=O)N2CCS[C@H](c3cccs3)CC2)c1. The van der Waals surface area contributed by atoms with Crippen molar-refractivity contribution in [1.82, 2.24) is 13.9 Å². The van der Waals surface area contributed by atoms with Crippen molar-refractivity contribution in [2.24, 2.45) is 0 Å². The van der Waals surface area contributed by atoms with Crippen LogP contribution in [-0.4, -0.2) is 41.1 Å². The van der Waals surface area contributed by atoms with Crippen LogP contribution in [0.3, 0.4) is 0 Å². The minimum absolute atomic E-state index is 0.158. The Bertz CT molecular complexity index is 738. The Morgan fingerprint density at radius 3 is 2.83 bits per heavy atom. The second-order valence-electron chi connectivity index (χ2n) is 5.82. The highest BCUT2D eigenvalue weighted by atomic mass is 32.2. The second kappa shape index (κ2) is 6.96. The van der Waals surface area contributed by atoms with Gasteiger partial charge in [0.05, 0.1) is 6.33 Å². The average Bonchev–Trinajstić information content (AvgIpc) is 3.15. The lowest BCUT2D eigenvalue weighted by Crippen LogP contribution is -2.33. The fourth-order valence-corrected chi connectivity index (χ4v) is 6.29. The van der Waals surface area contributed by atoms with Crippen LogP contribution >= 0.6 is 23.1 Å². The molecule has 5 nitrogen and oxygen atoms in total. The first kappa shape index (κ1) is 17.0. The average molecular weight is 372 g/mol. The Balaban J connectivity index is 1.75. The molecule has 1 aliphatic heterocycles. The lowest BCUT2D eigenvalue weighted by molar-refractivity contribution is 0.426. The minimum atomic E-state index is -3.50. The minimum Gasteiger partial charge on any atom is -0.334 e. The Kier molecular flexibility index (Phi) is 5.15. The van der Waals surface area contributed by atoms with E-state index in [0.717, 1.165) is 12.2 Å². The van der Waals surface area contributed by atoms with Gasteiger partial charge in [-0.1, -0.05) is 6.07 Å². The van der Waals surface area contributed by atoms with Gasteiger partial charge in [0.2, 0.25) is 0 Å². The van der Waals surface area contributed by atoms with Crippen LogP contribution in [0.1, 0.15) is 36.4 Å². The second-order valence-corrected chi connectivity index (χ2v) is 10.00. The summed E-state index contributed by atoms with van der Waals surface area (Å²) in [6, 6.07) is 4.39. The van der Waals surface area contributed by atoms with Gasteiger partial charge >= 0.3 is 0 Å². The summed E-state index contributed by atoms with van der Waals surface area (Å²) in [7, 11) is -3.50. The van der Waals surface area contributed by atoms with Gasteiger partial charge in [-0.05, 0) is 31.7 Å². The standard InChI is InChI=1S/C15H21N3O2S3/c1-12(2)17-10-15(16-11-17)23(19,20)18-6-5-14(22-9-7-18)13-4-3-8-21-13/h3-4,8,10-12,14H,5-7,9H2,1-2H3/t14-/m0/s1. The Morgan fingerprint density at radius 1 is 1.35 bits per heavy atom. The van der Waals surface area contributed by atoms with Crippen LogP contribution in [0.4, 0.5) is 0 Å². The molecule has 0 unspecified atom stereocenters. The summed E-state index contributed by atoms with van der Waals surface area (Å²) in [5.74, 6) is 0.812. The fraction of sp³-hybridized carbons (Fsp3) is 0.533. The van der Waals surface area contributed by atoms with Gasteiger partial charge < -0.3 is 4.57 Å². The number of imidazole rings is 1. The van der Waals surface area contributed by atoms with Gasteiger partial charge in [0.1, 0.15) is 0 Å². The van der Waals surface area contributed by atoms with Crippen molar-refractivity contribution in [2.45, 2.75) is 36.6 Å². The van der Waals surface area contributed by atoms with E-state index in [9.17, 15) is 8.42 Å². The molecule has 23 heavy (non-hydrogen) atoms. The molecule has 3 rings (SSSR count). The lowest BCUT2D eigenvalue weighted by atomic mass is 10.2. The number of thioether (sulfide) groups is 1. The van der Waals surface area contributed by atoms with Gasteiger partial charge in [0.15, 0.2) is 5.03 Å². The molecule has 2 aromatic rings. The Morgan fingerprint density at radius 2 is 2.17 bits per heavy atom. The zero-order chi connectivity index (χ0) is 16.4. The van der Waals surface area contributed by atoms with Crippen molar-refractivity contribution in [3.8, 4) is 0 Å². The molecule has 0 spiro atoms. The van der Waals surface area contributed by atoms with Crippen LogP contribution in [-0.2, 0) is 10.0 Å². The van der Waals surface area contributed by atoms with Crippen LogP contribution in [0, 0.1) is 0 Å². The molecule has 0 saturated carbocycles. The van der Waals surface area contributed by atoms with Gasteiger partial charge in [-0.2, -0.15) is 16.1 Å². The number of aromatic nitrogens is 2. The van der Waals surface area contributed by atoms with E-state index in [2.05, 4.69) is 22.5 Å². The van der Waals surface area contributed by atoms with E-state index in [0.29, 0.717) is 18.3 Å². The highest BCUT2D eigenvalue weighted by molar-refractivity contribution is 7.99. The van der Waals surface area contributed by atoms with E-state index in [-0.39, 0.29) is 11.1 Å². The molecule has 8 heteroatoms. The van der Waals surface area contributed by atoms with Gasteiger partial charge in [0.25, 0.3) is 10.0 Å². The Labute approximate surface area is 145 Å². The van der Waals surface area contributed by atoms with E-state index >= 15 is 0 Å². The molecular weight excluding hydrogens is 350 g/mol. The quantitative estimate of drug-likeness (QED) is 0.827. The third-order valence-electron chi connectivity index (χ3n) is 3.94. The molecule has 1 aliphatic rings. The third-order valence-corrected chi connectivity index (χ3v) is 8.17. The zero-order valence-electron chi connectivity index (χ0n) is 13.3. The van der Waals surface area contributed by atoms with E-state index in [4.69, 9.17) is 0 Å². The first-order valence-electron chi connectivity index (χ1n) is 7.67. The van der Waals surface area contributed by atoms with Crippen LogP contribution in [0.15, 0.2) is 35.1 Å². The van der Waals surface area contributed by atoms with E-state index in [1.165, 1.54) is 4.88 Å². The number of rotatable bonds is 4. The van der Waals surface area contributed by atoms with Crippen molar-refractivity contribution >= 4 is 33.1 Å². The normalized spacial score (nSPS) is 20.7. The molecule has 2 aromatic heterocycles. The predicted octanol–water partition coefficient (Wildman–Crippen LogP) is 3.39. The fourth-order valence-electron chi connectivity index (χ4n) is 2.56. The highest BCUT2D eigenvalue weighted by Crippen LogP contribution is 2.37. The van der Waals surface area contributed by atoms with Gasteiger partial charge in [0, 0.05) is 41.2 Å². The maximum atomic E-state index is 12.8. The summed E-state index contributed by atoms with van der Waals surface area (Å²) >= 11 is 3.59. The lowest BCUT2D eigenvalue weighted by Gasteiger charge is -2.18. The van der Waals surface area contributed by atoms with E-state index in [1.807, 2.05) is 30.2 Å². The summed E-state index contributed by atoms with van der Waals surface area (Å²) in [4.78, 5) is 5.44. The summed E-state index contributed by atoms with van der Waals surface area (Å²) in [5, 5.41) is 2.63. The molecule has 0 radical (unpaired) electrons. The summed E-state index contributed by atoms with van der Waals surface area (Å²) in [6.07, 6.45) is 4.07. The molecule has 0 amide bonds. The van der Waals surface area contributed by atoms with Crippen LogP contribution in [0.2, 0.25) is 0 Å². The van der Waals surface area contributed by atoms with Crippen molar-refractivity contribution in [1.29, 1.82) is 0 Å². The smallest absolute Gasteiger partial charge is 0.262 e. The van der Waals surface area contributed by atoms with Crippen molar-refractivity contribution in [3.63, 3.8) is 0 Å². The zero-order valence-corrected chi connectivity index (χ0v) is 15.7. The van der Waals surface area contributed by atoms with E-state index < -0.39 is 10.0 Å². The van der Waals surface area contributed by atoms with Crippen molar-refractivity contribution in [2.75, 3.05) is 18.8 Å². The molecular formula is C15H21N3O2S3. The number of sulfonamides is 1. The third kappa shape index (κ3) is 3.65. The number of hydrogen-bond donors (Lipinski definition) is 0. The summed E-state index contributed by atoms with van der Waals surface area (Å²) in [6.45, 7) is 5.11. The summed E-state index contributed by atoms with van der Waals surface area (Å²) < 4.78 is 29.0. The van der Waals surface area contributed by atoms with Crippen LogP contribution in [0.5, 0.6) is 0 Å². The molecule has 126 valence electrons. The monoisotopic (exact) mass is 371 g/mol. The number of hydrogen-bond acceptors (Lipinski definition) is 5. The maximum Gasteiger partial charge on any atom is 0.262 e. The first-order chi connectivity index (χ1) is 11.0. The molecule has 0 aromatic carbocycles. The predicted molar refractivity (Wildman–Crippen MR) is 95.5 cm³/mol. The molecule has 1 saturated heterocycles. The molecule has 0 N–H and O–H groups in total. The van der Waals surface area contributed by atoms with Gasteiger partial charge in [-0.25, -0.2) is 13.4 Å². The molecule has 0 bridgehead atoms. The molecule has 0 aliphatic carbocycles. The topological polar surface area (TPSA) is 55.2 Å². The summed E-state index contributed by atoms with van der Waals surface area (Å²) in [5.41, 5.74) is 0. The highest BCUT2D eigenvalue weighted by Gasteiger charge is 2.30. The molecule has 1 atom stereocenters. The van der Waals surface area contributed by atoms with Crippen molar-refractivity contribution in [3.05, 3.63) is 34.9 Å². The largest absolute Gasteiger partial charge is 0.334 e. The molecule has 3 heterocycles.